The van der Waals surface area contributed by atoms with E-state index in [2.05, 4.69) is 204 Å². The van der Waals surface area contributed by atoms with Gasteiger partial charge < -0.3 is 9.47 Å². The summed E-state index contributed by atoms with van der Waals surface area (Å²) in [6, 6.07) is 78.3. The molecule has 0 radical (unpaired) electrons. The summed E-state index contributed by atoms with van der Waals surface area (Å²) in [6.07, 6.45) is 0.831. The van der Waals surface area contributed by atoms with Crippen molar-refractivity contribution in [2.75, 3.05) is 4.90 Å². The third-order valence-electron chi connectivity index (χ3n) is 11.1. The third kappa shape index (κ3) is 6.84. The van der Waals surface area contributed by atoms with E-state index in [-0.39, 0.29) is 5.82 Å². The van der Waals surface area contributed by atoms with Gasteiger partial charge in [-0.3, -0.25) is 0 Å². The largest absolute Gasteiger partial charge is 0.311 e. The van der Waals surface area contributed by atoms with Gasteiger partial charge in [0.15, 0.2) is 0 Å². The van der Waals surface area contributed by atoms with Gasteiger partial charge in [0.1, 0.15) is 5.82 Å². The topological polar surface area (TPSA) is 8.17 Å². The van der Waals surface area contributed by atoms with Crippen molar-refractivity contribution in [3.05, 3.63) is 241 Å². The second-order valence-corrected chi connectivity index (χ2v) is 14.8. The summed E-state index contributed by atoms with van der Waals surface area (Å²) in [5, 5.41) is 2.54. The molecule has 1 aromatic heterocycles. The van der Waals surface area contributed by atoms with Crippen LogP contribution in [0.4, 0.5) is 21.5 Å². The first-order chi connectivity index (χ1) is 28.6. The highest BCUT2D eigenvalue weighted by Crippen LogP contribution is 2.38. The molecule has 276 valence electrons. The molecule has 10 rings (SSSR count). The SMILES string of the molecule is Fc1ccc(-c2ccc(N(c3ccc(Cc4ccc(-n5c6ccccc6c6ccccc65)cc4)cc3)c3ccc(-c4ccc(-c5ccccc5)cc4)cc3)cc2)cc1. The lowest BCUT2D eigenvalue weighted by atomic mass is 10.00. The van der Waals surface area contributed by atoms with Crippen LogP contribution in [0.3, 0.4) is 0 Å². The smallest absolute Gasteiger partial charge is 0.123 e. The minimum absolute atomic E-state index is 0.234. The monoisotopic (exact) mass is 746 g/mol. The molecule has 0 fully saturated rings. The molecule has 0 unspecified atom stereocenters. The summed E-state index contributed by atoms with van der Waals surface area (Å²) < 4.78 is 16.0. The summed E-state index contributed by atoms with van der Waals surface area (Å²) in [4.78, 5) is 2.29. The average molecular weight is 747 g/mol. The van der Waals surface area contributed by atoms with Crippen molar-refractivity contribution < 1.29 is 4.39 Å². The number of benzene rings is 9. The Hall–Kier alpha value is -7.49. The van der Waals surface area contributed by atoms with Crippen LogP contribution < -0.4 is 4.90 Å². The van der Waals surface area contributed by atoms with Crippen LogP contribution in [0.1, 0.15) is 11.1 Å². The van der Waals surface area contributed by atoms with E-state index >= 15 is 0 Å². The van der Waals surface area contributed by atoms with E-state index in [4.69, 9.17) is 0 Å². The Labute approximate surface area is 338 Å². The van der Waals surface area contributed by atoms with Gasteiger partial charge in [-0.1, -0.05) is 152 Å². The predicted molar refractivity (Wildman–Crippen MR) is 241 cm³/mol. The summed E-state index contributed by atoms with van der Waals surface area (Å²) in [7, 11) is 0. The van der Waals surface area contributed by atoms with E-state index in [0.717, 1.165) is 45.9 Å². The molecule has 58 heavy (non-hydrogen) atoms. The lowest BCUT2D eigenvalue weighted by Crippen LogP contribution is -2.10. The lowest BCUT2D eigenvalue weighted by molar-refractivity contribution is 0.628. The maximum absolute atomic E-state index is 13.7. The van der Waals surface area contributed by atoms with Gasteiger partial charge in [-0.05, 0) is 124 Å². The lowest BCUT2D eigenvalue weighted by Gasteiger charge is -2.26. The first-order valence-corrected chi connectivity index (χ1v) is 19.7. The number of nitrogens with zero attached hydrogens (tertiary/aromatic N) is 2. The zero-order chi connectivity index (χ0) is 38.8. The van der Waals surface area contributed by atoms with E-state index in [1.807, 2.05) is 18.2 Å². The van der Waals surface area contributed by atoms with E-state index in [1.165, 1.54) is 61.8 Å². The molecule has 0 saturated heterocycles. The van der Waals surface area contributed by atoms with Crippen LogP contribution in [0.15, 0.2) is 224 Å². The van der Waals surface area contributed by atoms with Crippen LogP contribution in [0, 0.1) is 5.82 Å². The highest BCUT2D eigenvalue weighted by atomic mass is 19.1. The van der Waals surface area contributed by atoms with Crippen molar-refractivity contribution in [2.24, 2.45) is 0 Å². The maximum Gasteiger partial charge on any atom is 0.123 e. The number of halogens is 1. The fourth-order valence-electron chi connectivity index (χ4n) is 8.14. The minimum Gasteiger partial charge on any atom is -0.311 e. The van der Waals surface area contributed by atoms with E-state index in [9.17, 15) is 4.39 Å². The third-order valence-corrected chi connectivity index (χ3v) is 11.1. The van der Waals surface area contributed by atoms with Crippen molar-refractivity contribution in [3.63, 3.8) is 0 Å². The zero-order valence-corrected chi connectivity index (χ0v) is 31.8. The Morgan fingerprint density at radius 1 is 0.328 bits per heavy atom. The van der Waals surface area contributed by atoms with Crippen molar-refractivity contribution >= 4 is 38.9 Å². The molecule has 0 aliphatic carbocycles. The summed E-state index contributed by atoms with van der Waals surface area (Å²) in [6.45, 7) is 0. The number of para-hydroxylation sites is 2. The normalized spacial score (nSPS) is 11.3. The molecule has 0 aliphatic heterocycles. The first kappa shape index (κ1) is 35.0. The van der Waals surface area contributed by atoms with Crippen LogP contribution in [-0.4, -0.2) is 4.57 Å². The van der Waals surface area contributed by atoms with Gasteiger partial charge in [-0.25, -0.2) is 4.39 Å². The van der Waals surface area contributed by atoms with Crippen molar-refractivity contribution in [1.29, 1.82) is 0 Å². The standard InChI is InChI=1S/C55H39FN2/c56-47-28-22-44(23-29-47)46-26-36-50(37-27-46)57(49-34-24-45(25-35-49)43-20-18-42(19-21-43)41-8-2-1-3-9-41)48-30-14-39(15-31-48)38-40-16-32-51(33-17-40)58-54-12-6-4-10-52(54)53-11-5-7-13-55(53)58/h1-37H,38H2. The number of fused-ring (bicyclic) bond motifs is 3. The van der Waals surface area contributed by atoms with Gasteiger partial charge in [0, 0.05) is 33.5 Å². The van der Waals surface area contributed by atoms with Gasteiger partial charge in [0.05, 0.1) is 11.0 Å². The van der Waals surface area contributed by atoms with E-state index in [0.29, 0.717) is 0 Å². The molecule has 0 spiro atoms. The number of hydrogen-bond acceptors (Lipinski definition) is 1. The molecule has 10 aromatic rings. The van der Waals surface area contributed by atoms with Crippen LogP contribution in [0.5, 0.6) is 0 Å². The molecule has 0 N–H and O–H groups in total. The Morgan fingerprint density at radius 2 is 0.672 bits per heavy atom. The number of hydrogen-bond donors (Lipinski definition) is 0. The van der Waals surface area contributed by atoms with Crippen LogP contribution in [-0.2, 0) is 6.42 Å². The summed E-state index contributed by atoms with van der Waals surface area (Å²) in [5.41, 5.74) is 16.0. The molecule has 2 nitrogen and oxygen atoms in total. The van der Waals surface area contributed by atoms with Gasteiger partial charge in [0.2, 0.25) is 0 Å². The molecule has 0 aliphatic rings. The molecule has 9 aromatic carbocycles. The fourth-order valence-corrected chi connectivity index (χ4v) is 8.14. The Balaban J connectivity index is 0.930. The number of aromatic nitrogens is 1. The van der Waals surface area contributed by atoms with Crippen LogP contribution >= 0.6 is 0 Å². The molecular weight excluding hydrogens is 708 g/mol. The van der Waals surface area contributed by atoms with Crippen molar-refractivity contribution in [1.82, 2.24) is 4.57 Å². The molecule has 0 bridgehead atoms. The Kier molecular flexibility index (Phi) is 9.17. The Bertz CT molecular complexity index is 2910. The van der Waals surface area contributed by atoms with Crippen LogP contribution in [0.2, 0.25) is 0 Å². The van der Waals surface area contributed by atoms with E-state index < -0.39 is 0 Å². The molecular formula is C55H39FN2. The maximum atomic E-state index is 13.7. The number of rotatable bonds is 9. The van der Waals surface area contributed by atoms with Gasteiger partial charge in [-0.2, -0.15) is 0 Å². The Morgan fingerprint density at radius 3 is 1.14 bits per heavy atom. The second kappa shape index (κ2) is 15.2. The summed E-state index contributed by atoms with van der Waals surface area (Å²) >= 11 is 0. The average Bonchev–Trinajstić information content (AvgIpc) is 3.63. The predicted octanol–water partition coefficient (Wildman–Crippen LogP) is 15.0. The van der Waals surface area contributed by atoms with Gasteiger partial charge in [-0.15, -0.1) is 0 Å². The second-order valence-electron chi connectivity index (χ2n) is 14.8. The zero-order valence-electron chi connectivity index (χ0n) is 31.8. The molecule has 0 atom stereocenters. The summed E-state index contributed by atoms with van der Waals surface area (Å²) in [5.74, 6) is -0.234. The van der Waals surface area contributed by atoms with Crippen LogP contribution in [0.25, 0.3) is 60.9 Å². The molecule has 3 heteroatoms. The highest BCUT2D eigenvalue weighted by molar-refractivity contribution is 6.09. The molecule has 0 saturated carbocycles. The quantitative estimate of drug-likeness (QED) is 0.143. The van der Waals surface area contributed by atoms with Crippen molar-refractivity contribution in [3.8, 4) is 39.1 Å². The molecule has 0 amide bonds. The van der Waals surface area contributed by atoms with Gasteiger partial charge >= 0.3 is 0 Å². The highest BCUT2D eigenvalue weighted by Gasteiger charge is 2.15. The fraction of sp³-hybridized carbons (Fsp3) is 0.0182. The number of anilines is 3. The minimum atomic E-state index is -0.234. The first-order valence-electron chi connectivity index (χ1n) is 19.7. The van der Waals surface area contributed by atoms with Crippen molar-refractivity contribution in [2.45, 2.75) is 6.42 Å². The van der Waals surface area contributed by atoms with Gasteiger partial charge in [0.25, 0.3) is 0 Å². The molecule has 1 heterocycles. The van der Waals surface area contributed by atoms with E-state index in [1.54, 1.807) is 0 Å².